The second-order valence-electron chi connectivity index (χ2n) is 6.79. The van der Waals surface area contributed by atoms with Gasteiger partial charge in [0.2, 0.25) is 5.91 Å². The first kappa shape index (κ1) is 21.9. The molecule has 0 saturated carbocycles. The predicted octanol–water partition coefficient (Wildman–Crippen LogP) is 5.39. The zero-order valence-corrected chi connectivity index (χ0v) is 18.1. The lowest BCUT2D eigenvalue weighted by atomic mass is 10.1. The normalized spacial score (nSPS) is 15.7. The third-order valence-corrected chi connectivity index (χ3v) is 5.72. The summed E-state index contributed by atoms with van der Waals surface area (Å²) in [6.45, 7) is 2.32. The van der Waals surface area contributed by atoms with Gasteiger partial charge >= 0.3 is 0 Å². The van der Waals surface area contributed by atoms with Gasteiger partial charge in [-0.1, -0.05) is 60.4 Å². The van der Waals surface area contributed by atoms with Crippen LogP contribution >= 0.6 is 24.0 Å². The van der Waals surface area contributed by atoms with Gasteiger partial charge in [-0.2, -0.15) is 0 Å². The van der Waals surface area contributed by atoms with Crippen molar-refractivity contribution in [3.05, 3.63) is 82.5 Å². The van der Waals surface area contributed by atoms with Gasteiger partial charge in [-0.15, -0.1) is 0 Å². The maximum Gasteiger partial charge on any atom is 0.266 e. The zero-order valence-electron chi connectivity index (χ0n) is 16.4. The summed E-state index contributed by atoms with van der Waals surface area (Å²) in [5.41, 5.74) is 2.56. The van der Waals surface area contributed by atoms with Crippen LogP contribution in [0.2, 0.25) is 0 Å². The highest BCUT2D eigenvalue weighted by molar-refractivity contribution is 8.26. The first-order valence-corrected chi connectivity index (χ1v) is 10.7. The van der Waals surface area contributed by atoms with E-state index in [2.05, 4.69) is 5.32 Å². The molecule has 1 N–H and O–H groups in total. The topological polar surface area (TPSA) is 49.4 Å². The molecule has 2 aromatic rings. The van der Waals surface area contributed by atoms with Crippen molar-refractivity contribution in [3.8, 4) is 0 Å². The van der Waals surface area contributed by atoms with Crippen molar-refractivity contribution < 1.29 is 14.0 Å². The Balaban J connectivity index is 1.52. The van der Waals surface area contributed by atoms with Crippen LogP contribution in [-0.2, 0) is 9.59 Å². The fourth-order valence-corrected chi connectivity index (χ4v) is 4.27. The number of rotatable bonds is 7. The highest BCUT2D eigenvalue weighted by Crippen LogP contribution is 2.32. The van der Waals surface area contributed by atoms with Crippen LogP contribution in [0.4, 0.5) is 10.1 Å². The lowest BCUT2D eigenvalue weighted by Crippen LogP contribution is -2.29. The molecule has 0 aliphatic carbocycles. The number of nitrogens with one attached hydrogen (secondary N) is 1. The number of thioether (sulfide) groups is 1. The molecule has 7 heteroatoms. The van der Waals surface area contributed by atoms with Gasteiger partial charge in [-0.25, -0.2) is 4.39 Å². The summed E-state index contributed by atoms with van der Waals surface area (Å²) < 4.78 is 13.4. The lowest BCUT2D eigenvalue weighted by molar-refractivity contribution is -0.122. The van der Waals surface area contributed by atoms with Gasteiger partial charge in [0.25, 0.3) is 5.91 Å². The molecule has 1 aliphatic rings. The molecule has 1 aliphatic heterocycles. The Morgan fingerprint density at radius 2 is 1.87 bits per heavy atom. The van der Waals surface area contributed by atoms with Gasteiger partial charge in [0, 0.05) is 18.7 Å². The summed E-state index contributed by atoms with van der Waals surface area (Å²) in [7, 11) is 0. The Kier molecular flexibility index (Phi) is 7.54. The van der Waals surface area contributed by atoms with Crippen LogP contribution < -0.4 is 5.32 Å². The number of benzene rings is 2. The molecule has 1 saturated heterocycles. The van der Waals surface area contributed by atoms with E-state index in [9.17, 15) is 14.0 Å². The molecule has 0 spiro atoms. The third-order valence-electron chi connectivity index (χ3n) is 4.34. The summed E-state index contributed by atoms with van der Waals surface area (Å²) in [6, 6.07) is 15.5. The lowest BCUT2D eigenvalue weighted by Gasteiger charge is -2.14. The van der Waals surface area contributed by atoms with E-state index in [-0.39, 0.29) is 24.1 Å². The van der Waals surface area contributed by atoms with E-state index in [4.69, 9.17) is 12.2 Å². The summed E-state index contributed by atoms with van der Waals surface area (Å²) >= 11 is 6.62. The summed E-state index contributed by atoms with van der Waals surface area (Å²) in [4.78, 5) is 26.9. The Bertz CT molecular complexity index is 1000. The fourth-order valence-electron chi connectivity index (χ4n) is 2.91. The number of carbonyl (C=O) groups excluding carboxylic acids is 2. The van der Waals surface area contributed by atoms with Gasteiger partial charge in [0.05, 0.1) is 4.91 Å². The highest BCUT2D eigenvalue weighted by Gasteiger charge is 2.31. The standard InChI is InChI=1S/C23H21FN2O2S2/c1-16(14-17-6-3-2-4-7-17)15-20-22(28)26(23(29)30-20)13-5-8-21(27)25-19-11-9-18(24)10-12-19/h2-4,6-7,9-12,14-15H,5,8,13H2,1H3,(H,25,27)/b16-14+,20-15-. The molecule has 1 fully saturated rings. The van der Waals surface area contributed by atoms with Crippen LogP contribution in [0, 0.1) is 5.82 Å². The Morgan fingerprint density at radius 1 is 1.17 bits per heavy atom. The average molecular weight is 441 g/mol. The number of hydrogen-bond donors (Lipinski definition) is 1. The quantitative estimate of drug-likeness (QED) is 0.463. The number of anilines is 1. The van der Waals surface area contributed by atoms with Gasteiger partial charge in [-0.3, -0.25) is 14.5 Å². The maximum absolute atomic E-state index is 12.9. The number of allylic oxidation sites excluding steroid dienone is 2. The molecule has 1 heterocycles. The van der Waals surface area contributed by atoms with Crippen molar-refractivity contribution in [2.75, 3.05) is 11.9 Å². The molecule has 0 bridgehead atoms. The first-order valence-electron chi connectivity index (χ1n) is 9.46. The predicted molar refractivity (Wildman–Crippen MR) is 124 cm³/mol. The van der Waals surface area contributed by atoms with Crippen molar-refractivity contribution in [2.24, 2.45) is 0 Å². The Labute approximate surface area is 184 Å². The number of amides is 2. The molecular weight excluding hydrogens is 419 g/mol. The van der Waals surface area contributed by atoms with E-state index in [1.54, 1.807) is 0 Å². The molecule has 4 nitrogen and oxygen atoms in total. The molecule has 30 heavy (non-hydrogen) atoms. The summed E-state index contributed by atoms with van der Waals surface area (Å²) in [5.74, 6) is -0.682. The van der Waals surface area contributed by atoms with Gasteiger partial charge in [0.15, 0.2) is 0 Å². The third kappa shape index (κ3) is 6.11. The number of halogens is 1. The van der Waals surface area contributed by atoms with Crippen molar-refractivity contribution in [2.45, 2.75) is 19.8 Å². The summed E-state index contributed by atoms with van der Waals surface area (Å²) in [6.07, 6.45) is 4.56. The minimum Gasteiger partial charge on any atom is -0.326 e. The Morgan fingerprint density at radius 3 is 2.57 bits per heavy atom. The largest absolute Gasteiger partial charge is 0.326 e. The van der Waals surface area contributed by atoms with Gasteiger partial charge < -0.3 is 5.32 Å². The van der Waals surface area contributed by atoms with Crippen molar-refractivity contribution in [1.82, 2.24) is 4.90 Å². The summed E-state index contributed by atoms with van der Waals surface area (Å²) in [5, 5.41) is 2.71. The van der Waals surface area contributed by atoms with Crippen molar-refractivity contribution in [3.63, 3.8) is 0 Å². The van der Waals surface area contributed by atoms with Crippen LogP contribution in [0.15, 0.2) is 71.2 Å². The maximum atomic E-state index is 12.9. The Hall–Kier alpha value is -2.77. The number of nitrogens with zero attached hydrogens (tertiary/aromatic N) is 1. The van der Waals surface area contributed by atoms with E-state index in [1.165, 1.54) is 40.9 Å². The van der Waals surface area contributed by atoms with Crippen molar-refractivity contribution in [1.29, 1.82) is 0 Å². The first-order chi connectivity index (χ1) is 14.4. The average Bonchev–Trinajstić information content (AvgIpc) is 2.97. The van der Waals surface area contributed by atoms with E-state index in [0.717, 1.165) is 11.1 Å². The molecule has 154 valence electrons. The molecule has 0 aromatic heterocycles. The molecule has 3 rings (SSSR count). The second kappa shape index (κ2) is 10.3. The van der Waals surface area contributed by atoms with E-state index in [1.807, 2.05) is 49.4 Å². The molecular formula is C23H21FN2O2S2. The molecule has 2 aromatic carbocycles. The number of hydrogen-bond acceptors (Lipinski definition) is 4. The second-order valence-corrected chi connectivity index (χ2v) is 8.47. The van der Waals surface area contributed by atoms with Gasteiger partial charge in [-0.05, 0) is 54.8 Å². The van der Waals surface area contributed by atoms with E-state index in [0.29, 0.717) is 27.9 Å². The van der Waals surface area contributed by atoms with Crippen LogP contribution in [-0.4, -0.2) is 27.6 Å². The van der Waals surface area contributed by atoms with Crippen LogP contribution in [0.5, 0.6) is 0 Å². The minimum absolute atomic E-state index is 0.134. The SMILES string of the molecule is CC(/C=C1\SC(=S)N(CCCC(=O)Nc2ccc(F)cc2)C1=O)=C\c1ccccc1. The van der Waals surface area contributed by atoms with Crippen LogP contribution in [0.25, 0.3) is 6.08 Å². The molecule has 2 amide bonds. The number of carbonyl (C=O) groups is 2. The molecule has 0 atom stereocenters. The molecule has 0 radical (unpaired) electrons. The minimum atomic E-state index is -0.357. The monoisotopic (exact) mass is 440 g/mol. The smallest absolute Gasteiger partial charge is 0.266 e. The molecule has 0 unspecified atom stereocenters. The van der Waals surface area contributed by atoms with Gasteiger partial charge in [0.1, 0.15) is 10.1 Å². The van der Waals surface area contributed by atoms with Crippen LogP contribution in [0.1, 0.15) is 25.3 Å². The van der Waals surface area contributed by atoms with E-state index >= 15 is 0 Å². The zero-order chi connectivity index (χ0) is 21.5. The van der Waals surface area contributed by atoms with Crippen molar-refractivity contribution >= 4 is 51.9 Å². The highest BCUT2D eigenvalue weighted by atomic mass is 32.2. The van der Waals surface area contributed by atoms with E-state index < -0.39 is 0 Å². The van der Waals surface area contributed by atoms with Crippen LogP contribution in [0.3, 0.4) is 0 Å². The fraction of sp³-hybridized carbons (Fsp3) is 0.174. The number of thiocarbonyl (C=S) groups is 1.